The quantitative estimate of drug-likeness (QED) is 0.861. The second-order valence-electron chi connectivity index (χ2n) is 5.26. The highest BCUT2D eigenvalue weighted by Crippen LogP contribution is 2.30. The van der Waals surface area contributed by atoms with Gasteiger partial charge in [-0.25, -0.2) is 0 Å². The highest BCUT2D eigenvalue weighted by atomic mass is 35.5. The van der Waals surface area contributed by atoms with Crippen LogP contribution in [0.15, 0.2) is 0 Å². The molecule has 0 spiro atoms. The monoisotopic (exact) mass is 298 g/mol. The van der Waals surface area contributed by atoms with Crippen LogP contribution in [0.2, 0.25) is 0 Å². The van der Waals surface area contributed by atoms with Crippen LogP contribution in [0, 0.1) is 11.8 Å². The summed E-state index contributed by atoms with van der Waals surface area (Å²) in [6.07, 6.45) is 5.63. The van der Waals surface area contributed by atoms with Crippen molar-refractivity contribution < 1.29 is 4.74 Å². The fraction of sp³-hybridized carbons (Fsp3) is 1.00. The van der Waals surface area contributed by atoms with Crippen LogP contribution >= 0.6 is 24.8 Å². The molecule has 0 saturated carbocycles. The lowest BCUT2D eigenvalue weighted by molar-refractivity contribution is 0.0977. The first-order valence-corrected chi connectivity index (χ1v) is 6.82. The second kappa shape index (κ2) is 10.3. The van der Waals surface area contributed by atoms with Crippen LogP contribution in [0.5, 0.6) is 0 Å². The summed E-state index contributed by atoms with van der Waals surface area (Å²) in [5.74, 6) is 2.01. The Morgan fingerprint density at radius 1 is 1.00 bits per heavy atom. The Morgan fingerprint density at radius 3 is 2.11 bits per heavy atom. The van der Waals surface area contributed by atoms with E-state index in [1.165, 1.54) is 51.9 Å². The minimum Gasteiger partial charge on any atom is -0.383 e. The van der Waals surface area contributed by atoms with Crippen LogP contribution in [0.1, 0.15) is 25.7 Å². The van der Waals surface area contributed by atoms with Crippen molar-refractivity contribution in [3.63, 3.8) is 0 Å². The van der Waals surface area contributed by atoms with Crippen LogP contribution in [-0.4, -0.2) is 51.3 Å². The summed E-state index contributed by atoms with van der Waals surface area (Å²) < 4.78 is 5.14. The summed E-state index contributed by atoms with van der Waals surface area (Å²) in [7, 11) is 1.79. The zero-order valence-corrected chi connectivity index (χ0v) is 13.0. The van der Waals surface area contributed by atoms with Gasteiger partial charge in [-0.1, -0.05) is 0 Å². The topological polar surface area (TPSA) is 24.5 Å². The smallest absolute Gasteiger partial charge is 0.0589 e. The van der Waals surface area contributed by atoms with Crippen LogP contribution < -0.4 is 5.32 Å². The van der Waals surface area contributed by atoms with Crippen molar-refractivity contribution in [1.29, 1.82) is 0 Å². The summed E-state index contributed by atoms with van der Waals surface area (Å²) in [5.41, 5.74) is 0. The van der Waals surface area contributed by atoms with Gasteiger partial charge in [0, 0.05) is 13.7 Å². The van der Waals surface area contributed by atoms with E-state index < -0.39 is 0 Å². The molecule has 0 atom stereocenters. The highest BCUT2D eigenvalue weighted by Gasteiger charge is 2.27. The molecule has 2 saturated heterocycles. The predicted molar refractivity (Wildman–Crippen MR) is 81.1 cm³/mol. The van der Waals surface area contributed by atoms with Crippen molar-refractivity contribution in [3.8, 4) is 0 Å². The van der Waals surface area contributed by atoms with Gasteiger partial charge in [0.2, 0.25) is 0 Å². The number of rotatable bonds is 4. The van der Waals surface area contributed by atoms with Gasteiger partial charge in [-0.15, -0.1) is 24.8 Å². The standard InChI is InChI=1S/C13H26N2O.2ClH/c1-16-11-10-15-8-4-13(5-9-15)12-2-6-14-7-3-12;;/h12-14H,2-11H2,1H3;2*1H. The van der Waals surface area contributed by atoms with Gasteiger partial charge >= 0.3 is 0 Å². The third-order valence-electron chi connectivity index (χ3n) is 4.29. The summed E-state index contributed by atoms with van der Waals surface area (Å²) in [5, 5.41) is 3.46. The Labute approximate surface area is 124 Å². The van der Waals surface area contributed by atoms with Crippen molar-refractivity contribution >= 4 is 24.8 Å². The SMILES string of the molecule is COCCN1CCC(C2CCNCC2)CC1.Cl.Cl. The lowest BCUT2D eigenvalue weighted by Crippen LogP contribution is -2.40. The van der Waals surface area contributed by atoms with Gasteiger partial charge in [-0.3, -0.25) is 0 Å². The zero-order valence-electron chi connectivity index (χ0n) is 11.4. The van der Waals surface area contributed by atoms with Gasteiger partial charge in [0.1, 0.15) is 0 Å². The van der Waals surface area contributed by atoms with Gasteiger partial charge < -0.3 is 15.0 Å². The number of piperidine rings is 2. The molecule has 0 unspecified atom stereocenters. The average Bonchev–Trinajstić information content (AvgIpc) is 2.38. The summed E-state index contributed by atoms with van der Waals surface area (Å²) >= 11 is 0. The molecule has 0 aromatic carbocycles. The molecule has 0 aromatic heterocycles. The molecule has 0 aromatic rings. The molecule has 0 amide bonds. The molecular formula is C13H28Cl2N2O. The number of nitrogens with zero attached hydrogens (tertiary/aromatic N) is 1. The van der Waals surface area contributed by atoms with Crippen molar-refractivity contribution in [2.24, 2.45) is 11.8 Å². The van der Waals surface area contributed by atoms with E-state index >= 15 is 0 Å². The maximum absolute atomic E-state index is 5.14. The Hall–Kier alpha value is 0.460. The van der Waals surface area contributed by atoms with E-state index in [0.717, 1.165) is 25.0 Å². The van der Waals surface area contributed by atoms with Gasteiger partial charge in [-0.05, 0) is 63.7 Å². The Balaban J connectivity index is 0.00000144. The number of methoxy groups -OCH3 is 1. The summed E-state index contributed by atoms with van der Waals surface area (Å²) in [4.78, 5) is 2.56. The van der Waals surface area contributed by atoms with Crippen LogP contribution in [-0.2, 0) is 4.74 Å². The Morgan fingerprint density at radius 2 is 1.56 bits per heavy atom. The molecule has 5 heteroatoms. The molecule has 2 fully saturated rings. The first-order valence-electron chi connectivity index (χ1n) is 6.82. The first kappa shape index (κ1) is 18.5. The van der Waals surface area contributed by atoms with Gasteiger partial charge in [0.25, 0.3) is 0 Å². The molecule has 2 rings (SSSR count). The molecule has 3 nitrogen and oxygen atoms in total. The molecule has 1 N–H and O–H groups in total. The van der Waals surface area contributed by atoms with E-state index in [1.54, 1.807) is 7.11 Å². The fourth-order valence-corrected chi connectivity index (χ4v) is 3.18. The summed E-state index contributed by atoms with van der Waals surface area (Å²) in [6, 6.07) is 0. The zero-order chi connectivity index (χ0) is 11.2. The molecule has 0 bridgehead atoms. The third kappa shape index (κ3) is 5.62. The maximum atomic E-state index is 5.14. The van der Waals surface area contributed by atoms with Crippen LogP contribution in [0.3, 0.4) is 0 Å². The summed E-state index contributed by atoms with van der Waals surface area (Å²) in [6.45, 7) is 7.08. The van der Waals surface area contributed by atoms with Crippen molar-refractivity contribution in [3.05, 3.63) is 0 Å². The average molecular weight is 299 g/mol. The van der Waals surface area contributed by atoms with Gasteiger partial charge in [0.05, 0.1) is 6.61 Å². The van der Waals surface area contributed by atoms with E-state index in [2.05, 4.69) is 10.2 Å². The van der Waals surface area contributed by atoms with Crippen molar-refractivity contribution in [2.45, 2.75) is 25.7 Å². The Bertz CT molecular complexity index is 193. The predicted octanol–water partition coefficient (Wildman–Crippen LogP) is 2.19. The van der Waals surface area contributed by atoms with E-state index in [9.17, 15) is 0 Å². The maximum Gasteiger partial charge on any atom is 0.0589 e. The van der Waals surface area contributed by atoms with E-state index in [-0.39, 0.29) is 24.8 Å². The number of ether oxygens (including phenoxy) is 1. The number of halogens is 2. The minimum absolute atomic E-state index is 0. The number of nitrogens with one attached hydrogen (secondary N) is 1. The lowest BCUT2D eigenvalue weighted by Gasteiger charge is -2.37. The minimum atomic E-state index is 0. The van der Waals surface area contributed by atoms with E-state index in [4.69, 9.17) is 4.74 Å². The van der Waals surface area contributed by atoms with Crippen molar-refractivity contribution in [2.75, 3.05) is 46.4 Å². The Kier molecular flexibility index (Phi) is 10.5. The fourth-order valence-electron chi connectivity index (χ4n) is 3.18. The second-order valence-corrected chi connectivity index (χ2v) is 5.26. The molecule has 2 aliphatic heterocycles. The lowest BCUT2D eigenvalue weighted by atomic mass is 9.79. The molecule has 110 valence electrons. The molecular weight excluding hydrogens is 271 g/mol. The van der Waals surface area contributed by atoms with Gasteiger partial charge in [0.15, 0.2) is 0 Å². The largest absolute Gasteiger partial charge is 0.383 e. The number of likely N-dealkylation sites (tertiary alicyclic amines) is 1. The van der Waals surface area contributed by atoms with Crippen LogP contribution in [0.4, 0.5) is 0 Å². The molecule has 2 heterocycles. The normalized spacial score (nSPS) is 23.2. The molecule has 18 heavy (non-hydrogen) atoms. The van der Waals surface area contributed by atoms with E-state index in [1.807, 2.05) is 0 Å². The molecule has 0 aliphatic carbocycles. The molecule has 2 aliphatic rings. The first-order chi connectivity index (χ1) is 7.90. The van der Waals surface area contributed by atoms with Crippen LogP contribution in [0.25, 0.3) is 0 Å². The highest BCUT2D eigenvalue weighted by molar-refractivity contribution is 5.85. The van der Waals surface area contributed by atoms with Gasteiger partial charge in [-0.2, -0.15) is 0 Å². The number of hydrogen-bond acceptors (Lipinski definition) is 3. The molecule has 0 radical (unpaired) electrons. The van der Waals surface area contributed by atoms with Crippen molar-refractivity contribution in [1.82, 2.24) is 10.2 Å². The van der Waals surface area contributed by atoms with E-state index in [0.29, 0.717) is 0 Å². The number of hydrogen-bond donors (Lipinski definition) is 1. The third-order valence-corrected chi connectivity index (χ3v) is 4.29.